The molecule has 2 heterocycles. The van der Waals surface area contributed by atoms with Crippen LogP contribution in [0, 0.1) is 6.92 Å². The Balaban J connectivity index is 1.95. The average molecular weight is 415 g/mol. The summed E-state index contributed by atoms with van der Waals surface area (Å²) in [6, 6.07) is 7.46. The largest absolute Gasteiger partial charge is 0.494 e. The van der Waals surface area contributed by atoms with Crippen LogP contribution in [0.25, 0.3) is 11.1 Å². The van der Waals surface area contributed by atoms with Crippen molar-refractivity contribution in [3.05, 3.63) is 40.5 Å². The number of hydrogen-bond donors (Lipinski definition) is 2. The van der Waals surface area contributed by atoms with E-state index in [1.54, 1.807) is 6.92 Å². The van der Waals surface area contributed by atoms with E-state index < -0.39 is 5.97 Å². The van der Waals surface area contributed by atoms with Crippen molar-refractivity contribution < 1.29 is 19.1 Å². The van der Waals surface area contributed by atoms with Crippen molar-refractivity contribution in [3.63, 3.8) is 0 Å². The SMILES string of the molecule is CCOC(=O)c1c(NC(=O)Cc2nn[nH]n2)sc(C)c1-c1ccc(OCC)cc1. The molecule has 10 heteroatoms. The number of hydrogen-bond acceptors (Lipinski definition) is 8. The van der Waals surface area contributed by atoms with E-state index in [1.165, 1.54) is 11.3 Å². The highest BCUT2D eigenvalue weighted by molar-refractivity contribution is 7.17. The third-order valence-corrected chi connectivity index (χ3v) is 5.00. The van der Waals surface area contributed by atoms with Gasteiger partial charge in [0.1, 0.15) is 16.3 Å². The summed E-state index contributed by atoms with van der Waals surface area (Å²) in [6.45, 7) is 6.35. The number of carbonyl (C=O) groups excluding carboxylic acids is 2. The quantitative estimate of drug-likeness (QED) is 0.543. The summed E-state index contributed by atoms with van der Waals surface area (Å²) in [7, 11) is 0. The lowest BCUT2D eigenvalue weighted by molar-refractivity contribution is -0.115. The van der Waals surface area contributed by atoms with Gasteiger partial charge in [-0.25, -0.2) is 4.79 Å². The number of amides is 1. The fourth-order valence-electron chi connectivity index (χ4n) is 2.83. The van der Waals surface area contributed by atoms with Gasteiger partial charge < -0.3 is 14.8 Å². The minimum atomic E-state index is -0.490. The number of benzene rings is 1. The van der Waals surface area contributed by atoms with Gasteiger partial charge in [0.25, 0.3) is 0 Å². The lowest BCUT2D eigenvalue weighted by Gasteiger charge is -2.10. The molecular formula is C19H21N5O4S. The zero-order chi connectivity index (χ0) is 20.8. The third kappa shape index (κ3) is 4.77. The molecule has 29 heavy (non-hydrogen) atoms. The molecule has 0 aliphatic rings. The predicted octanol–water partition coefficient (Wildman–Crippen LogP) is 2.99. The molecule has 0 atom stereocenters. The molecule has 0 aliphatic carbocycles. The van der Waals surface area contributed by atoms with Crippen molar-refractivity contribution in [2.75, 3.05) is 18.5 Å². The van der Waals surface area contributed by atoms with Gasteiger partial charge >= 0.3 is 5.97 Å². The number of aromatic nitrogens is 4. The van der Waals surface area contributed by atoms with Crippen molar-refractivity contribution >= 4 is 28.2 Å². The van der Waals surface area contributed by atoms with Gasteiger partial charge in [-0.15, -0.1) is 21.5 Å². The van der Waals surface area contributed by atoms with Crippen LogP contribution in [0.3, 0.4) is 0 Å². The van der Waals surface area contributed by atoms with Crippen LogP contribution >= 0.6 is 11.3 Å². The van der Waals surface area contributed by atoms with E-state index >= 15 is 0 Å². The number of thiophene rings is 1. The van der Waals surface area contributed by atoms with E-state index in [4.69, 9.17) is 9.47 Å². The van der Waals surface area contributed by atoms with Crippen molar-refractivity contribution in [2.24, 2.45) is 0 Å². The number of ether oxygens (including phenoxy) is 2. The summed E-state index contributed by atoms with van der Waals surface area (Å²) >= 11 is 1.32. The van der Waals surface area contributed by atoms with Gasteiger partial charge in [0.05, 0.1) is 19.6 Å². The van der Waals surface area contributed by atoms with Crippen molar-refractivity contribution in [1.29, 1.82) is 0 Å². The molecule has 0 saturated carbocycles. The van der Waals surface area contributed by atoms with Crippen LogP contribution in [0.5, 0.6) is 5.75 Å². The highest BCUT2D eigenvalue weighted by atomic mass is 32.1. The summed E-state index contributed by atoms with van der Waals surface area (Å²) in [4.78, 5) is 26.0. The Morgan fingerprint density at radius 3 is 2.55 bits per heavy atom. The van der Waals surface area contributed by atoms with Gasteiger partial charge in [0, 0.05) is 10.4 Å². The number of carbonyl (C=O) groups is 2. The second-order valence-electron chi connectivity index (χ2n) is 5.97. The first-order valence-corrected chi connectivity index (χ1v) is 9.91. The minimum absolute atomic E-state index is 0.0614. The van der Waals surface area contributed by atoms with Crippen LogP contribution in [0.2, 0.25) is 0 Å². The van der Waals surface area contributed by atoms with Crippen LogP contribution in [0.1, 0.15) is 34.9 Å². The summed E-state index contributed by atoms with van der Waals surface area (Å²) in [6.07, 6.45) is -0.0614. The molecule has 0 fully saturated rings. The average Bonchev–Trinajstić information content (AvgIpc) is 3.30. The summed E-state index contributed by atoms with van der Waals surface area (Å²) < 4.78 is 10.7. The first-order valence-electron chi connectivity index (χ1n) is 9.09. The smallest absolute Gasteiger partial charge is 0.341 e. The predicted molar refractivity (Wildman–Crippen MR) is 108 cm³/mol. The number of nitrogens with zero attached hydrogens (tertiary/aromatic N) is 3. The number of rotatable bonds is 8. The van der Waals surface area contributed by atoms with Crippen LogP contribution in [-0.4, -0.2) is 45.7 Å². The number of nitrogens with one attached hydrogen (secondary N) is 2. The lowest BCUT2D eigenvalue weighted by Crippen LogP contribution is -2.17. The fourth-order valence-corrected chi connectivity index (χ4v) is 3.92. The van der Waals surface area contributed by atoms with E-state index in [0.717, 1.165) is 21.8 Å². The molecule has 3 aromatic rings. The Morgan fingerprint density at radius 2 is 1.93 bits per heavy atom. The molecule has 0 unspecified atom stereocenters. The van der Waals surface area contributed by atoms with E-state index in [0.29, 0.717) is 17.2 Å². The van der Waals surface area contributed by atoms with E-state index in [2.05, 4.69) is 25.9 Å². The zero-order valence-electron chi connectivity index (χ0n) is 16.3. The number of aromatic amines is 1. The molecule has 0 saturated heterocycles. The summed E-state index contributed by atoms with van der Waals surface area (Å²) in [5.74, 6) is 0.169. The monoisotopic (exact) mass is 415 g/mol. The second kappa shape index (κ2) is 9.28. The van der Waals surface area contributed by atoms with Crippen LogP contribution in [0.4, 0.5) is 5.00 Å². The molecule has 152 valence electrons. The number of aryl methyl sites for hydroxylation is 1. The number of esters is 1. The van der Waals surface area contributed by atoms with E-state index in [-0.39, 0.29) is 24.8 Å². The second-order valence-corrected chi connectivity index (χ2v) is 7.19. The molecule has 1 amide bonds. The van der Waals surface area contributed by atoms with Gasteiger partial charge in [0.15, 0.2) is 5.82 Å². The van der Waals surface area contributed by atoms with Crippen LogP contribution in [0.15, 0.2) is 24.3 Å². The Morgan fingerprint density at radius 1 is 1.17 bits per heavy atom. The normalized spacial score (nSPS) is 10.6. The molecule has 3 rings (SSSR count). The van der Waals surface area contributed by atoms with E-state index in [1.807, 2.05) is 38.1 Å². The number of tetrazole rings is 1. The van der Waals surface area contributed by atoms with Gasteiger partial charge in [-0.3, -0.25) is 4.79 Å². The Kier molecular flexibility index (Phi) is 6.55. The van der Waals surface area contributed by atoms with Gasteiger partial charge in [-0.2, -0.15) is 5.21 Å². The maximum atomic E-state index is 12.7. The molecule has 0 aliphatic heterocycles. The molecule has 2 aromatic heterocycles. The van der Waals surface area contributed by atoms with Crippen molar-refractivity contribution in [1.82, 2.24) is 20.6 Å². The molecule has 1 aromatic carbocycles. The summed E-state index contributed by atoms with van der Waals surface area (Å²) in [5.41, 5.74) is 1.90. The third-order valence-electron chi connectivity index (χ3n) is 3.98. The maximum absolute atomic E-state index is 12.7. The Bertz CT molecular complexity index is 983. The topological polar surface area (TPSA) is 119 Å². The first-order chi connectivity index (χ1) is 14.0. The lowest BCUT2D eigenvalue weighted by atomic mass is 10.0. The van der Waals surface area contributed by atoms with Gasteiger partial charge in [-0.1, -0.05) is 17.3 Å². The van der Waals surface area contributed by atoms with Gasteiger partial charge in [0.2, 0.25) is 5.91 Å². The van der Waals surface area contributed by atoms with Crippen molar-refractivity contribution in [3.8, 4) is 16.9 Å². The molecule has 0 spiro atoms. The highest BCUT2D eigenvalue weighted by Crippen LogP contribution is 2.40. The standard InChI is InChI=1S/C19H21N5O4S/c1-4-27-13-8-6-12(7-9-13)16-11(3)29-18(17(16)19(26)28-5-2)20-15(25)10-14-21-23-24-22-14/h6-9H,4-5,10H2,1-3H3,(H,20,25)(H,21,22,23,24). The number of anilines is 1. The Labute approximate surface area is 171 Å². The first kappa shape index (κ1) is 20.5. The van der Waals surface area contributed by atoms with Gasteiger partial charge in [-0.05, 0) is 38.5 Å². The molecule has 2 N–H and O–H groups in total. The summed E-state index contributed by atoms with van der Waals surface area (Å²) in [5, 5.41) is 16.5. The molecule has 0 bridgehead atoms. The Hall–Kier alpha value is -3.27. The highest BCUT2D eigenvalue weighted by Gasteiger charge is 2.25. The maximum Gasteiger partial charge on any atom is 0.341 e. The fraction of sp³-hybridized carbons (Fsp3) is 0.316. The molecule has 9 nitrogen and oxygen atoms in total. The molecule has 0 radical (unpaired) electrons. The zero-order valence-corrected chi connectivity index (χ0v) is 17.1. The molecular weight excluding hydrogens is 394 g/mol. The van der Waals surface area contributed by atoms with Crippen molar-refractivity contribution in [2.45, 2.75) is 27.2 Å². The van der Waals surface area contributed by atoms with Crippen LogP contribution < -0.4 is 10.1 Å². The number of H-pyrrole nitrogens is 1. The van der Waals surface area contributed by atoms with Crippen LogP contribution in [-0.2, 0) is 16.0 Å². The van der Waals surface area contributed by atoms with E-state index in [9.17, 15) is 9.59 Å². The minimum Gasteiger partial charge on any atom is -0.494 e.